The minimum Gasteiger partial charge on any atom is -0.340 e. The van der Waals surface area contributed by atoms with E-state index in [1.807, 2.05) is 0 Å². The van der Waals surface area contributed by atoms with E-state index >= 15 is 0 Å². The number of likely N-dealkylation sites (N-methyl/N-ethyl adjacent to an activating group) is 1. The van der Waals surface area contributed by atoms with Gasteiger partial charge in [-0.05, 0) is 67.1 Å². The summed E-state index contributed by atoms with van der Waals surface area (Å²) in [6, 6.07) is 8.64. The van der Waals surface area contributed by atoms with Gasteiger partial charge in [-0.1, -0.05) is 17.7 Å². The fourth-order valence-electron chi connectivity index (χ4n) is 5.77. The Kier molecular flexibility index (Phi) is 9.09. The monoisotopic (exact) mass is 682 g/mol. The second-order valence-electron chi connectivity index (χ2n) is 11.1. The molecule has 2 aliphatic heterocycles. The molecule has 3 N–H and O–H groups in total. The van der Waals surface area contributed by atoms with E-state index < -0.39 is 42.7 Å². The molecule has 0 unspecified atom stereocenters. The predicted molar refractivity (Wildman–Crippen MR) is 164 cm³/mol. The van der Waals surface area contributed by atoms with E-state index in [-0.39, 0.29) is 34.7 Å². The molecule has 5 rings (SSSR count). The summed E-state index contributed by atoms with van der Waals surface area (Å²) in [6.07, 6.45) is 1.38. The molecule has 2 aromatic carbocycles. The summed E-state index contributed by atoms with van der Waals surface area (Å²) >= 11 is 6.93. The van der Waals surface area contributed by atoms with Crippen molar-refractivity contribution < 1.29 is 42.3 Å². The van der Waals surface area contributed by atoms with Gasteiger partial charge in [0.15, 0.2) is 0 Å². The second kappa shape index (κ2) is 12.4. The van der Waals surface area contributed by atoms with Crippen molar-refractivity contribution in [2.24, 2.45) is 0 Å². The van der Waals surface area contributed by atoms with E-state index in [1.54, 1.807) is 31.3 Å². The largest absolute Gasteiger partial charge is 0.399 e. The minimum absolute atomic E-state index is 0.0546. The topological polar surface area (TPSA) is 148 Å². The van der Waals surface area contributed by atoms with Crippen LogP contribution >= 0.6 is 30.5 Å². The summed E-state index contributed by atoms with van der Waals surface area (Å²) in [7, 11) is -4.19. The molecule has 0 aliphatic carbocycles. The SMILES string of the molecule is CC(=O)N1CC[C@H]2CC[C@@H](C(=O)N(C)c3ccc(Cl)cc3)N2C(=O)[C@@H](NC(=O)c2cc3cc(C(F)(F)P(=O)(O)O)ccc3s2)C1. The van der Waals surface area contributed by atoms with Gasteiger partial charge in [0.2, 0.25) is 17.7 Å². The quantitative estimate of drug-likeness (QED) is 0.331. The van der Waals surface area contributed by atoms with Crippen molar-refractivity contribution in [3.05, 3.63) is 64.0 Å². The van der Waals surface area contributed by atoms with E-state index in [9.17, 15) is 32.5 Å². The fraction of sp³-hybridized carbons (Fsp3) is 0.379. The Balaban J connectivity index is 1.41. The zero-order chi connectivity index (χ0) is 32.8. The Morgan fingerprint density at radius 1 is 1.09 bits per heavy atom. The van der Waals surface area contributed by atoms with E-state index in [4.69, 9.17) is 21.4 Å². The molecule has 45 heavy (non-hydrogen) atoms. The van der Waals surface area contributed by atoms with Gasteiger partial charge < -0.3 is 29.8 Å². The van der Waals surface area contributed by atoms with Gasteiger partial charge in [0.25, 0.3) is 5.91 Å². The average Bonchev–Trinajstić information content (AvgIpc) is 3.60. The number of benzene rings is 2. The Labute approximate surface area is 265 Å². The molecule has 3 aromatic rings. The summed E-state index contributed by atoms with van der Waals surface area (Å²) in [5.74, 6) is -1.83. The first-order chi connectivity index (χ1) is 21.1. The number of rotatable bonds is 6. The summed E-state index contributed by atoms with van der Waals surface area (Å²) in [5.41, 5.74) is -4.74. The summed E-state index contributed by atoms with van der Waals surface area (Å²) in [6.45, 7) is 1.53. The number of alkyl halides is 2. The number of amides is 4. The Morgan fingerprint density at radius 2 is 1.78 bits per heavy atom. The maximum absolute atomic E-state index is 14.3. The number of hydrogen-bond donors (Lipinski definition) is 3. The maximum atomic E-state index is 14.3. The number of hydrogen-bond acceptors (Lipinski definition) is 6. The molecule has 0 spiro atoms. The van der Waals surface area contributed by atoms with Gasteiger partial charge in [0.1, 0.15) is 12.1 Å². The third-order valence-electron chi connectivity index (χ3n) is 8.22. The van der Waals surface area contributed by atoms with E-state index in [2.05, 4.69) is 5.32 Å². The minimum atomic E-state index is -5.80. The number of fused-ring (bicyclic) bond motifs is 2. The lowest BCUT2D eigenvalue weighted by Crippen LogP contribution is -2.61. The van der Waals surface area contributed by atoms with Crippen molar-refractivity contribution >= 4 is 69.9 Å². The van der Waals surface area contributed by atoms with Crippen LogP contribution in [0.3, 0.4) is 0 Å². The smallest absolute Gasteiger partial charge is 0.340 e. The van der Waals surface area contributed by atoms with Gasteiger partial charge in [-0.3, -0.25) is 23.7 Å². The standard InChI is InChI=1S/C29H30ClF2N4O7PS/c1-16(37)35-12-11-21-8-9-23(28(40)34(2)20-6-4-19(30)5-7-20)36(21)27(39)22(15-35)33-26(38)25-14-17-13-18(3-10-24(17)45-25)29(31,32)44(41,42)43/h3-7,10,13-14,21-23H,8-9,11-12,15H2,1-2H3,(H,33,38)(H2,41,42,43)/t21-,22+,23+/m1/s1. The first-order valence-electron chi connectivity index (χ1n) is 14.0. The Hall–Kier alpha value is -3.42. The van der Waals surface area contributed by atoms with Crippen molar-refractivity contribution in [3.63, 3.8) is 0 Å². The highest BCUT2D eigenvalue weighted by molar-refractivity contribution is 7.52. The number of carbonyl (C=O) groups excluding carboxylic acids is 4. The van der Waals surface area contributed by atoms with Crippen LogP contribution in [-0.2, 0) is 24.6 Å². The molecule has 1 aromatic heterocycles. The van der Waals surface area contributed by atoms with Gasteiger partial charge in [0.05, 0.1) is 4.88 Å². The molecule has 240 valence electrons. The lowest BCUT2D eigenvalue weighted by atomic mass is 10.1. The van der Waals surface area contributed by atoms with Crippen LogP contribution in [0.2, 0.25) is 5.02 Å². The first-order valence-corrected chi connectivity index (χ1v) is 16.8. The molecule has 0 saturated carbocycles. The highest BCUT2D eigenvalue weighted by Gasteiger charge is 2.50. The molecule has 2 aliphatic rings. The Morgan fingerprint density at radius 3 is 2.42 bits per heavy atom. The number of nitrogens with zero attached hydrogens (tertiary/aromatic N) is 3. The van der Waals surface area contributed by atoms with Crippen LogP contribution in [0, 0.1) is 0 Å². The lowest BCUT2D eigenvalue weighted by molar-refractivity contribution is -0.144. The molecule has 0 radical (unpaired) electrons. The number of thiophene rings is 1. The van der Waals surface area contributed by atoms with Crippen LogP contribution in [-0.4, -0.2) is 81.5 Å². The number of halogens is 3. The van der Waals surface area contributed by atoms with Gasteiger partial charge in [-0.25, -0.2) is 0 Å². The summed E-state index contributed by atoms with van der Waals surface area (Å²) in [5, 5.41) is 3.34. The van der Waals surface area contributed by atoms with Gasteiger partial charge >= 0.3 is 13.3 Å². The highest BCUT2D eigenvalue weighted by Crippen LogP contribution is 2.59. The molecule has 3 heterocycles. The molecular weight excluding hydrogens is 653 g/mol. The molecule has 16 heteroatoms. The molecule has 3 atom stereocenters. The lowest BCUT2D eigenvalue weighted by Gasteiger charge is -2.39. The van der Waals surface area contributed by atoms with Crippen LogP contribution in [0.25, 0.3) is 10.1 Å². The molecule has 0 bridgehead atoms. The van der Waals surface area contributed by atoms with Crippen LogP contribution < -0.4 is 10.2 Å². The van der Waals surface area contributed by atoms with E-state index in [0.717, 1.165) is 23.5 Å². The highest BCUT2D eigenvalue weighted by atomic mass is 35.5. The van der Waals surface area contributed by atoms with Crippen LogP contribution in [0.15, 0.2) is 48.5 Å². The van der Waals surface area contributed by atoms with Crippen molar-refractivity contribution in [1.29, 1.82) is 0 Å². The molecule has 2 fully saturated rings. The van der Waals surface area contributed by atoms with Crippen molar-refractivity contribution in [3.8, 4) is 0 Å². The average molecular weight is 683 g/mol. The third kappa shape index (κ3) is 6.48. The number of carbonyl (C=O) groups is 4. The zero-order valence-electron chi connectivity index (χ0n) is 24.2. The second-order valence-corrected chi connectivity index (χ2v) is 14.3. The zero-order valence-corrected chi connectivity index (χ0v) is 26.6. The summed E-state index contributed by atoms with van der Waals surface area (Å²) < 4.78 is 40.3. The predicted octanol–water partition coefficient (Wildman–Crippen LogP) is 4.15. The molecular formula is C29H30ClF2N4O7PS. The first kappa shape index (κ1) is 33.0. The van der Waals surface area contributed by atoms with E-state index in [0.29, 0.717) is 41.2 Å². The van der Waals surface area contributed by atoms with Gasteiger partial charge in [-0.15, -0.1) is 11.3 Å². The Bertz CT molecular complexity index is 1720. The molecule has 2 saturated heterocycles. The van der Waals surface area contributed by atoms with Crippen molar-refractivity contribution in [1.82, 2.24) is 15.1 Å². The van der Waals surface area contributed by atoms with Crippen molar-refractivity contribution in [2.75, 3.05) is 25.0 Å². The molecule has 11 nitrogen and oxygen atoms in total. The van der Waals surface area contributed by atoms with Gasteiger partial charge in [-0.2, -0.15) is 8.78 Å². The van der Waals surface area contributed by atoms with Gasteiger partial charge in [0, 0.05) is 54.1 Å². The number of anilines is 1. The number of nitrogens with one attached hydrogen (secondary N) is 1. The van der Waals surface area contributed by atoms with Crippen LogP contribution in [0.4, 0.5) is 14.5 Å². The maximum Gasteiger partial charge on any atom is 0.399 e. The van der Waals surface area contributed by atoms with E-state index in [1.165, 1.54) is 33.8 Å². The normalized spacial score (nSPS) is 20.9. The molecule has 4 amide bonds. The summed E-state index contributed by atoms with van der Waals surface area (Å²) in [4.78, 5) is 76.3. The van der Waals surface area contributed by atoms with Crippen molar-refractivity contribution in [2.45, 2.75) is 50.0 Å². The van der Waals surface area contributed by atoms with Crippen LogP contribution in [0.5, 0.6) is 0 Å². The van der Waals surface area contributed by atoms with Crippen LogP contribution in [0.1, 0.15) is 41.4 Å². The fourth-order valence-corrected chi connectivity index (χ4v) is 7.31. The third-order valence-corrected chi connectivity index (χ3v) is 10.6.